The molecule has 6 heteroatoms. The van der Waals surface area contributed by atoms with Crippen molar-refractivity contribution >= 4 is 22.0 Å². The van der Waals surface area contributed by atoms with Gasteiger partial charge in [0.05, 0.1) is 16.7 Å². The smallest absolute Gasteiger partial charge is 0.222 e. The zero-order valence-electron chi connectivity index (χ0n) is 9.92. The largest absolute Gasteiger partial charge is 0.346 e. The van der Waals surface area contributed by atoms with Crippen LogP contribution in [-0.4, -0.2) is 32.4 Å². The van der Waals surface area contributed by atoms with E-state index >= 15 is 0 Å². The highest BCUT2D eigenvalue weighted by atomic mass is 32.2. The van der Waals surface area contributed by atoms with E-state index < -0.39 is 21.8 Å². The molecule has 0 unspecified atom stereocenters. The van der Waals surface area contributed by atoms with Crippen molar-refractivity contribution in [2.75, 3.05) is 5.75 Å². The molecule has 0 aliphatic heterocycles. The van der Waals surface area contributed by atoms with Gasteiger partial charge < -0.3 is 5.32 Å². The van der Waals surface area contributed by atoms with Gasteiger partial charge in [-0.15, -0.1) is 0 Å². The first-order chi connectivity index (χ1) is 8.45. The number of amides is 1. The third-order valence-corrected chi connectivity index (χ3v) is 3.99. The minimum absolute atomic E-state index is 0.177. The van der Waals surface area contributed by atoms with Crippen molar-refractivity contribution in [1.82, 2.24) is 5.32 Å². The standard InChI is InChI=1S/C12H14NO4S/c1-10(9-14)13-12(15)7-8-18(16,17)11-5-3-2-4-6-11/h2-6,10H,7-8H2,1H3,(H,13,15)/t10-/m0/s1. The second-order valence-corrected chi connectivity index (χ2v) is 5.90. The molecule has 0 saturated heterocycles. The fraction of sp³-hybridized carbons (Fsp3) is 0.333. The summed E-state index contributed by atoms with van der Waals surface area (Å²) in [5.41, 5.74) is 0. The molecule has 0 fully saturated rings. The van der Waals surface area contributed by atoms with Gasteiger partial charge in [-0.05, 0) is 19.1 Å². The lowest BCUT2D eigenvalue weighted by molar-refractivity contribution is -0.120. The van der Waals surface area contributed by atoms with E-state index in [1.807, 2.05) is 0 Å². The summed E-state index contributed by atoms with van der Waals surface area (Å²) in [6.07, 6.45) is 1.42. The molecule has 18 heavy (non-hydrogen) atoms. The zero-order valence-corrected chi connectivity index (χ0v) is 10.7. The van der Waals surface area contributed by atoms with Gasteiger partial charge in [0.2, 0.25) is 12.2 Å². The summed E-state index contributed by atoms with van der Waals surface area (Å²) < 4.78 is 23.7. The van der Waals surface area contributed by atoms with Crippen molar-refractivity contribution in [3.8, 4) is 0 Å². The van der Waals surface area contributed by atoms with Crippen LogP contribution in [0.5, 0.6) is 0 Å². The number of carbonyl (C=O) groups excluding carboxylic acids is 2. The van der Waals surface area contributed by atoms with E-state index in [0.717, 1.165) is 0 Å². The highest BCUT2D eigenvalue weighted by Crippen LogP contribution is 2.10. The number of sulfone groups is 1. The van der Waals surface area contributed by atoms with Gasteiger partial charge in [0.1, 0.15) is 0 Å². The molecule has 0 aromatic heterocycles. The summed E-state index contributed by atoms with van der Waals surface area (Å²) in [7, 11) is -3.46. The van der Waals surface area contributed by atoms with E-state index in [1.54, 1.807) is 24.5 Å². The predicted octanol–water partition coefficient (Wildman–Crippen LogP) is 0.465. The van der Waals surface area contributed by atoms with Gasteiger partial charge in [0.25, 0.3) is 0 Å². The Kier molecular flexibility index (Phi) is 5.03. The summed E-state index contributed by atoms with van der Waals surface area (Å²) in [6.45, 7) is 1.47. The normalized spacial score (nSPS) is 12.7. The maximum atomic E-state index is 11.8. The van der Waals surface area contributed by atoms with Crippen LogP contribution in [-0.2, 0) is 19.4 Å². The number of carbonyl (C=O) groups is 1. The fourth-order valence-electron chi connectivity index (χ4n) is 1.32. The first kappa shape index (κ1) is 14.4. The van der Waals surface area contributed by atoms with Gasteiger partial charge in [-0.2, -0.15) is 0 Å². The van der Waals surface area contributed by atoms with Crippen molar-refractivity contribution in [3.63, 3.8) is 0 Å². The summed E-state index contributed by atoms with van der Waals surface area (Å²) >= 11 is 0. The number of benzene rings is 1. The number of rotatable bonds is 6. The Balaban J connectivity index is 2.58. The summed E-state index contributed by atoms with van der Waals surface area (Å²) in [5, 5.41) is 2.33. The average molecular weight is 268 g/mol. The van der Waals surface area contributed by atoms with Crippen LogP contribution in [0.2, 0.25) is 0 Å². The van der Waals surface area contributed by atoms with Crippen LogP contribution < -0.4 is 5.32 Å². The summed E-state index contributed by atoms with van der Waals surface area (Å²) in [5.74, 6) is -0.764. The van der Waals surface area contributed by atoms with Crippen LogP contribution in [0.1, 0.15) is 13.3 Å². The van der Waals surface area contributed by atoms with Crippen LogP contribution in [0.4, 0.5) is 0 Å². The maximum absolute atomic E-state index is 11.8. The lowest BCUT2D eigenvalue weighted by atomic mass is 10.3. The fourth-order valence-corrected chi connectivity index (χ4v) is 2.58. The highest BCUT2D eigenvalue weighted by Gasteiger charge is 2.16. The molecule has 0 aliphatic rings. The molecule has 0 bridgehead atoms. The quantitative estimate of drug-likeness (QED) is 0.813. The van der Waals surface area contributed by atoms with Gasteiger partial charge in [0, 0.05) is 6.42 Å². The molecule has 0 aliphatic carbocycles. The highest BCUT2D eigenvalue weighted by molar-refractivity contribution is 7.91. The Morgan fingerprint density at radius 2 is 1.94 bits per heavy atom. The second-order valence-electron chi connectivity index (χ2n) is 3.79. The molecule has 97 valence electrons. The SMILES string of the molecule is C[C@@H]([C]=O)NC(=O)CCS(=O)(=O)c1ccccc1. The van der Waals surface area contributed by atoms with E-state index in [4.69, 9.17) is 0 Å². The third kappa shape index (κ3) is 4.29. The molecule has 1 amide bonds. The monoisotopic (exact) mass is 268 g/mol. The van der Waals surface area contributed by atoms with Crippen molar-refractivity contribution in [1.29, 1.82) is 0 Å². The third-order valence-electron chi connectivity index (χ3n) is 2.25. The molecule has 1 radical (unpaired) electrons. The average Bonchev–Trinajstić information content (AvgIpc) is 2.37. The molecule has 0 saturated carbocycles. The Bertz CT molecular complexity index is 510. The topological polar surface area (TPSA) is 80.3 Å². The summed E-state index contributed by atoms with van der Waals surface area (Å²) in [6, 6.07) is 7.20. The van der Waals surface area contributed by atoms with Gasteiger partial charge in [-0.25, -0.2) is 8.42 Å². The van der Waals surface area contributed by atoms with Crippen LogP contribution in [0.25, 0.3) is 0 Å². The van der Waals surface area contributed by atoms with Crippen LogP contribution in [0.15, 0.2) is 35.2 Å². The summed E-state index contributed by atoms with van der Waals surface area (Å²) in [4.78, 5) is 21.7. The van der Waals surface area contributed by atoms with Gasteiger partial charge >= 0.3 is 0 Å². The molecule has 5 nitrogen and oxygen atoms in total. The zero-order chi connectivity index (χ0) is 13.6. The number of nitrogens with one attached hydrogen (secondary N) is 1. The van der Waals surface area contributed by atoms with E-state index in [-0.39, 0.29) is 17.1 Å². The second kappa shape index (κ2) is 6.30. The first-order valence-electron chi connectivity index (χ1n) is 5.40. The van der Waals surface area contributed by atoms with Crippen molar-refractivity contribution in [2.24, 2.45) is 0 Å². The van der Waals surface area contributed by atoms with Gasteiger partial charge in [-0.3, -0.25) is 9.59 Å². The predicted molar refractivity (Wildman–Crippen MR) is 66.4 cm³/mol. The van der Waals surface area contributed by atoms with Gasteiger partial charge in [0.15, 0.2) is 9.84 Å². The van der Waals surface area contributed by atoms with E-state index in [1.165, 1.54) is 19.1 Å². The molecule has 1 aromatic carbocycles. The minimum Gasteiger partial charge on any atom is -0.346 e. The number of hydrogen-bond acceptors (Lipinski definition) is 4. The van der Waals surface area contributed by atoms with E-state index in [9.17, 15) is 18.0 Å². The molecule has 1 atom stereocenters. The maximum Gasteiger partial charge on any atom is 0.222 e. The lowest BCUT2D eigenvalue weighted by Crippen LogP contribution is -2.34. The van der Waals surface area contributed by atoms with Crippen molar-refractivity contribution in [3.05, 3.63) is 30.3 Å². The Morgan fingerprint density at radius 1 is 1.33 bits per heavy atom. The molecule has 1 aromatic rings. The molecular weight excluding hydrogens is 254 g/mol. The van der Waals surface area contributed by atoms with Crippen molar-refractivity contribution in [2.45, 2.75) is 24.3 Å². The molecule has 0 spiro atoms. The van der Waals surface area contributed by atoms with Crippen molar-refractivity contribution < 1.29 is 18.0 Å². The van der Waals surface area contributed by atoms with E-state index in [2.05, 4.69) is 5.32 Å². The minimum atomic E-state index is -3.46. The first-order valence-corrected chi connectivity index (χ1v) is 7.06. The number of hydrogen-bond donors (Lipinski definition) is 1. The van der Waals surface area contributed by atoms with E-state index in [0.29, 0.717) is 0 Å². The van der Waals surface area contributed by atoms with Crippen LogP contribution >= 0.6 is 0 Å². The molecule has 1 N–H and O–H groups in total. The Morgan fingerprint density at radius 3 is 2.50 bits per heavy atom. The Hall–Kier alpha value is -1.69. The molecular formula is C12H14NO4S. The van der Waals surface area contributed by atoms with Crippen LogP contribution in [0.3, 0.4) is 0 Å². The molecule has 1 rings (SSSR count). The van der Waals surface area contributed by atoms with Gasteiger partial charge in [-0.1, -0.05) is 18.2 Å². The van der Waals surface area contributed by atoms with Crippen LogP contribution in [0, 0.1) is 0 Å². The molecule has 0 heterocycles. The lowest BCUT2D eigenvalue weighted by Gasteiger charge is -2.07. The Labute approximate surface area is 106 Å².